The molecule has 1 aliphatic rings. The molecule has 0 radical (unpaired) electrons. The Morgan fingerprint density at radius 2 is 1.70 bits per heavy atom. The molecule has 0 unspecified atom stereocenters. The Hall–Kier alpha value is -3.35. The number of esters is 1. The smallest absolute Gasteiger partial charge is 0.308 e. The van der Waals surface area contributed by atoms with Crippen LogP contribution in [0.4, 0.5) is 0 Å². The van der Waals surface area contributed by atoms with Gasteiger partial charge in [0, 0.05) is 37.7 Å². The summed E-state index contributed by atoms with van der Waals surface area (Å²) in [6.07, 6.45) is 1.64. The molecule has 30 heavy (non-hydrogen) atoms. The number of nitrogens with one attached hydrogen (secondary N) is 1. The molecule has 3 rings (SSSR count). The minimum atomic E-state index is -0.419. The summed E-state index contributed by atoms with van der Waals surface area (Å²) in [5, 5.41) is 2.98. The summed E-state index contributed by atoms with van der Waals surface area (Å²) < 4.78 is 10.2. The van der Waals surface area contributed by atoms with Crippen molar-refractivity contribution in [2.24, 2.45) is 5.92 Å². The van der Waals surface area contributed by atoms with Gasteiger partial charge in [0.1, 0.15) is 11.5 Å². The number of nitrogens with zero attached hydrogens (tertiary/aromatic N) is 1. The van der Waals surface area contributed by atoms with Crippen LogP contribution in [0.5, 0.6) is 11.5 Å². The van der Waals surface area contributed by atoms with Gasteiger partial charge in [0.15, 0.2) is 0 Å². The minimum Gasteiger partial charge on any atom is -0.497 e. The monoisotopic (exact) mass is 410 g/mol. The van der Waals surface area contributed by atoms with Gasteiger partial charge in [0.25, 0.3) is 11.8 Å². The van der Waals surface area contributed by atoms with E-state index in [1.807, 2.05) is 0 Å². The predicted molar refractivity (Wildman–Crippen MR) is 112 cm³/mol. The predicted octanol–water partition coefficient (Wildman–Crippen LogP) is 2.90. The number of carbonyl (C=O) groups excluding carboxylic acids is 3. The van der Waals surface area contributed by atoms with E-state index in [1.54, 1.807) is 60.5 Å². The molecule has 7 nitrogen and oxygen atoms in total. The van der Waals surface area contributed by atoms with E-state index in [0.29, 0.717) is 48.2 Å². The summed E-state index contributed by atoms with van der Waals surface area (Å²) in [4.78, 5) is 38.0. The molecule has 0 aromatic heterocycles. The van der Waals surface area contributed by atoms with E-state index in [2.05, 4.69) is 5.32 Å². The highest BCUT2D eigenvalue weighted by Gasteiger charge is 2.24. The number of hydrogen-bond acceptors (Lipinski definition) is 5. The first-order valence-corrected chi connectivity index (χ1v) is 9.96. The lowest BCUT2D eigenvalue weighted by molar-refractivity contribution is -0.131. The molecule has 0 spiro atoms. The molecule has 7 heteroatoms. The van der Waals surface area contributed by atoms with E-state index in [9.17, 15) is 14.4 Å². The molecule has 1 N–H and O–H groups in total. The van der Waals surface area contributed by atoms with Gasteiger partial charge in [-0.05, 0) is 61.2 Å². The van der Waals surface area contributed by atoms with Crippen LogP contribution in [0.25, 0.3) is 0 Å². The van der Waals surface area contributed by atoms with Gasteiger partial charge < -0.3 is 19.7 Å². The molecule has 2 aromatic rings. The van der Waals surface area contributed by atoms with Gasteiger partial charge in [-0.1, -0.05) is 6.07 Å². The quantitative estimate of drug-likeness (QED) is 0.585. The molecule has 1 heterocycles. The highest BCUT2D eigenvalue weighted by molar-refractivity contribution is 5.95. The second kappa shape index (κ2) is 9.91. The Morgan fingerprint density at radius 3 is 2.33 bits per heavy atom. The van der Waals surface area contributed by atoms with E-state index >= 15 is 0 Å². The van der Waals surface area contributed by atoms with Gasteiger partial charge in [0.05, 0.1) is 7.11 Å². The maximum absolute atomic E-state index is 12.8. The van der Waals surface area contributed by atoms with Crippen LogP contribution in [0.15, 0.2) is 48.5 Å². The SMILES string of the molecule is COc1ccc(C(=O)NCC2CCN(C(=O)c3cccc(OC(C)=O)c3)CC2)cc1. The molecule has 0 bridgehead atoms. The number of ether oxygens (including phenoxy) is 2. The number of methoxy groups -OCH3 is 1. The number of piperidine rings is 1. The number of likely N-dealkylation sites (tertiary alicyclic amines) is 1. The normalized spacial score (nSPS) is 14.1. The van der Waals surface area contributed by atoms with Crippen molar-refractivity contribution in [1.82, 2.24) is 10.2 Å². The zero-order valence-electron chi connectivity index (χ0n) is 17.2. The van der Waals surface area contributed by atoms with Crippen molar-refractivity contribution < 1.29 is 23.9 Å². The number of benzene rings is 2. The average Bonchev–Trinajstić information content (AvgIpc) is 2.77. The van der Waals surface area contributed by atoms with E-state index in [0.717, 1.165) is 12.8 Å². The topological polar surface area (TPSA) is 84.9 Å². The van der Waals surface area contributed by atoms with Gasteiger partial charge in [-0.15, -0.1) is 0 Å². The highest BCUT2D eigenvalue weighted by atomic mass is 16.5. The second-order valence-electron chi connectivity index (χ2n) is 7.30. The van der Waals surface area contributed by atoms with E-state index in [1.165, 1.54) is 6.92 Å². The zero-order chi connectivity index (χ0) is 21.5. The van der Waals surface area contributed by atoms with Crippen molar-refractivity contribution in [3.63, 3.8) is 0 Å². The van der Waals surface area contributed by atoms with E-state index in [-0.39, 0.29) is 11.8 Å². The summed E-state index contributed by atoms with van der Waals surface area (Å²) in [6.45, 7) is 3.15. The fourth-order valence-electron chi connectivity index (χ4n) is 3.46. The van der Waals surface area contributed by atoms with Crippen molar-refractivity contribution in [3.05, 3.63) is 59.7 Å². The zero-order valence-corrected chi connectivity index (χ0v) is 17.2. The standard InChI is InChI=1S/C23H26N2O5/c1-16(26)30-21-5-3-4-19(14-21)23(28)25-12-10-17(11-13-25)15-24-22(27)18-6-8-20(29-2)9-7-18/h3-9,14,17H,10-13,15H2,1-2H3,(H,24,27). The molecular weight excluding hydrogens is 384 g/mol. The fraction of sp³-hybridized carbons (Fsp3) is 0.348. The van der Waals surface area contributed by atoms with Crippen LogP contribution in [0, 0.1) is 5.92 Å². The van der Waals surface area contributed by atoms with Gasteiger partial charge in [0.2, 0.25) is 0 Å². The average molecular weight is 410 g/mol. The Kier molecular flexibility index (Phi) is 7.06. The summed E-state index contributed by atoms with van der Waals surface area (Å²) in [6, 6.07) is 13.6. The first-order valence-electron chi connectivity index (χ1n) is 9.96. The van der Waals surface area contributed by atoms with Gasteiger partial charge in [-0.25, -0.2) is 0 Å². The fourth-order valence-corrected chi connectivity index (χ4v) is 3.46. The van der Waals surface area contributed by atoms with Crippen LogP contribution in [0.2, 0.25) is 0 Å². The van der Waals surface area contributed by atoms with Gasteiger partial charge >= 0.3 is 5.97 Å². The third kappa shape index (κ3) is 5.59. The van der Waals surface area contributed by atoms with Crippen molar-refractivity contribution in [2.75, 3.05) is 26.7 Å². The lowest BCUT2D eigenvalue weighted by Gasteiger charge is -2.32. The molecule has 0 saturated carbocycles. The molecule has 0 aliphatic carbocycles. The number of carbonyl (C=O) groups is 3. The van der Waals surface area contributed by atoms with E-state index in [4.69, 9.17) is 9.47 Å². The number of rotatable bonds is 6. The van der Waals surface area contributed by atoms with Crippen molar-refractivity contribution in [3.8, 4) is 11.5 Å². The summed E-state index contributed by atoms with van der Waals surface area (Å²) >= 11 is 0. The lowest BCUT2D eigenvalue weighted by Crippen LogP contribution is -2.41. The molecule has 1 fully saturated rings. The van der Waals surface area contributed by atoms with Crippen molar-refractivity contribution in [2.45, 2.75) is 19.8 Å². The largest absolute Gasteiger partial charge is 0.497 e. The summed E-state index contributed by atoms with van der Waals surface area (Å²) in [5.41, 5.74) is 1.09. The Balaban J connectivity index is 1.48. The molecule has 0 atom stereocenters. The summed E-state index contributed by atoms with van der Waals surface area (Å²) in [7, 11) is 1.59. The first kappa shape index (κ1) is 21.4. The van der Waals surface area contributed by atoms with E-state index < -0.39 is 5.97 Å². The third-order valence-corrected chi connectivity index (χ3v) is 5.15. The third-order valence-electron chi connectivity index (χ3n) is 5.15. The lowest BCUT2D eigenvalue weighted by atomic mass is 9.96. The van der Waals surface area contributed by atoms with Crippen LogP contribution in [-0.2, 0) is 4.79 Å². The Labute approximate surface area is 176 Å². The summed E-state index contributed by atoms with van der Waals surface area (Å²) in [5.74, 6) is 0.787. The van der Waals surface area contributed by atoms with Crippen LogP contribution >= 0.6 is 0 Å². The second-order valence-corrected chi connectivity index (χ2v) is 7.30. The van der Waals surface area contributed by atoms with Gasteiger partial charge in [-0.2, -0.15) is 0 Å². The first-order chi connectivity index (χ1) is 14.5. The Bertz CT molecular complexity index is 902. The van der Waals surface area contributed by atoms with Crippen LogP contribution in [-0.4, -0.2) is 49.4 Å². The molecule has 2 aromatic carbocycles. The molecule has 158 valence electrons. The minimum absolute atomic E-state index is 0.0790. The highest BCUT2D eigenvalue weighted by Crippen LogP contribution is 2.21. The molecular formula is C23H26N2O5. The molecule has 2 amide bonds. The molecule has 1 aliphatic heterocycles. The van der Waals surface area contributed by atoms with Crippen LogP contribution in [0.3, 0.4) is 0 Å². The number of amides is 2. The maximum Gasteiger partial charge on any atom is 0.308 e. The molecule has 1 saturated heterocycles. The maximum atomic E-state index is 12.8. The van der Waals surface area contributed by atoms with Crippen molar-refractivity contribution >= 4 is 17.8 Å². The van der Waals surface area contributed by atoms with Crippen molar-refractivity contribution in [1.29, 1.82) is 0 Å². The number of hydrogen-bond donors (Lipinski definition) is 1. The van der Waals surface area contributed by atoms with Crippen LogP contribution < -0.4 is 14.8 Å². The van der Waals surface area contributed by atoms with Crippen LogP contribution in [0.1, 0.15) is 40.5 Å². The Morgan fingerprint density at radius 1 is 1.00 bits per heavy atom. The van der Waals surface area contributed by atoms with Gasteiger partial charge in [-0.3, -0.25) is 14.4 Å².